The Kier molecular flexibility index (Phi) is 6.90. The highest BCUT2D eigenvalue weighted by Gasteiger charge is 2.41. The van der Waals surface area contributed by atoms with E-state index in [1.54, 1.807) is 49.9 Å². The van der Waals surface area contributed by atoms with Gasteiger partial charge < -0.3 is 14.2 Å². The molecule has 1 amide bonds. The van der Waals surface area contributed by atoms with Crippen LogP contribution in [0.3, 0.4) is 0 Å². The number of carbonyl (C=O) groups is 3. The Bertz CT molecular complexity index is 1020. The molecular formula is C24H29ClN2O4. The van der Waals surface area contributed by atoms with Gasteiger partial charge in [0.05, 0.1) is 23.2 Å². The number of ether oxygens (including phenoxy) is 1. The van der Waals surface area contributed by atoms with E-state index in [0.717, 1.165) is 12.8 Å². The third kappa shape index (κ3) is 4.26. The Morgan fingerprint density at radius 3 is 2.39 bits per heavy atom. The maximum absolute atomic E-state index is 13.7. The van der Waals surface area contributed by atoms with E-state index in [2.05, 4.69) is 0 Å². The molecule has 1 unspecified atom stereocenters. The number of hydrogen-bond donors (Lipinski definition) is 0. The average molecular weight is 445 g/mol. The first-order valence-electron chi connectivity index (χ1n) is 10.7. The van der Waals surface area contributed by atoms with Crippen molar-refractivity contribution in [2.24, 2.45) is 0 Å². The number of esters is 1. The van der Waals surface area contributed by atoms with Crippen molar-refractivity contribution in [2.45, 2.75) is 66.1 Å². The minimum absolute atomic E-state index is 0.0149. The van der Waals surface area contributed by atoms with Gasteiger partial charge in [-0.25, -0.2) is 4.79 Å². The number of Topliss-reactive ketones (excluding diaryl/α,β-unsaturated/α-hetero) is 1. The summed E-state index contributed by atoms with van der Waals surface area (Å²) in [4.78, 5) is 41.2. The molecule has 7 heteroatoms. The summed E-state index contributed by atoms with van der Waals surface area (Å²) in [6.07, 6.45) is 1.71. The lowest BCUT2D eigenvalue weighted by molar-refractivity contribution is 0.0512. The maximum atomic E-state index is 13.7. The van der Waals surface area contributed by atoms with Crippen molar-refractivity contribution < 1.29 is 19.1 Å². The van der Waals surface area contributed by atoms with Crippen LogP contribution in [-0.2, 0) is 11.3 Å². The zero-order chi connectivity index (χ0) is 22.9. The van der Waals surface area contributed by atoms with Crippen LogP contribution in [0.1, 0.15) is 76.1 Å². The quantitative estimate of drug-likeness (QED) is 0.432. The molecule has 1 heterocycles. The topological polar surface area (TPSA) is 68.6 Å². The summed E-state index contributed by atoms with van der Waals surface area (Å²) in [5.41, 5.74) is 2.57. The highest BCUT2D eigenvalue weighted by molar-refractivity contribution is 6.33. The molecule has 3 rings (SSSR count). The van der Waals surface area contributed by atoms with Crippen LogP contribution in [-0.4, -0.2) is 45.8 Å². The molecule has 1 aromatic heterocycles. The van der Waals surface area contributed by atoms with Gasteiger partial charge in [0.25, 0.3) is 5.91 Å². The molecule has 1 fully saturated rings. The molecule has 1 aliphatic carbocycles. The summed E-state index contributed by atoms with van der Waals surface area (Å²) < 4.78 is 7.02. The first kappa shape index (κ1) is 23.1. The standard InChI is InChI=1S/C24H29ClN2O4/c1-6-26-15(4)20(14(3)21(26)24(30)31-7-2)22(28)16(5)27(17-12-13-17)23(29)18-10-8-9-11-19(18)25/h8-11,16-17H,6-7,12-13H2,1-5H3. The van der Waals surface area contributed by atoms with Crippen LogP contribution >= 0.6 is 11.6 Å². The van der Waals surface area contributed by atoms with Gasteiger partial charge in [0, 0.05) is 23.8 Å². The first-order chi connectivity index (χ1) is 14.7. The summed E-state index contributed by atoms with van der Waals surface area (Å²) >= 11 is 6.26. The van der Waals surface area contributed by atoms with Crippen molar-refractivity contribution >= 4 is 29.3 Å². The Hall–Kier alpha value is -2.60. The van der Waals surface area contributed by atoms with Crippen LogP contribution in [0.2, 0.25) is 5.02 Å². The van der Waals surface area contributed by atoms with Gasteiger partial charge in [-0.3, -0.25) is 9.59 Å². The molecule has 31 heavy (non-hydrogen) atoms. The van der Waals surface area contributed by atoms with E-state index in [9.17, 15) is 14.4 Å². The van der Waals surface area contributed by atoms with Gasteiger partial charge in [-0.1, -0.05) is 23.7 Å². The lowest BCUT2D eigenvalue weighted by atomic mass is 9.99. The van der Waals surface area contributed by atoms with Crippen molar-refractivity contribution in [1.82, 2.24) is 9.47 Å². The smallest absolute Gasteiger partial charge is 0.355 e. The van der Waals surface area contributed by atoms with E-state index >= 15 is 0 Å². The van der Waals surface area contributed by atoms with Gasteiger partial charge in [-0.2, -0.15) is 0 Å². The summed E-state index contributed by atoms with van der Waals surface area (Å²) in [6, 6.07) is 6.22. The van der Waals surface area contributed by atoms with Crippen LogP contribution in [0.5, 0.6) is 0 Å². The summed E-state index contributed by atoms with van der Waals surface area (Å²) in [6.45, 7) is 9.81. The minimum atomic E-state index is -0.684. The fourth-order valence-corrected chi connectivity index (χ4v) is 4.45. The SMILES string of the molecule is CCOC(=O)c1c(C)c(C(=O)C(C)N(C(=O)c2ccccc2Cl)C2CC2)c(C)n1CC. The fourth-order valence-electron chi connectivity index (χ4n) is 4.24. The highest BCUT2D eigenvalue weighted by atomic mass is 35.5. The Balaban J connectivity index is 2.00. The van der Waals surface area contributed by atoms with Gasteiger partial charge in [0.1, 0.15) is 5.69 Å². The Labute approximate surface area is 188 Å². The van der Waals surface area contributed by atoms with Crippen molar-refractivity contribution in [2.75, 3.05) is 6.61 Å². The molecule has 0 saturated heterocycles. The molecule has 0 radical (unpaired) electrons. The predicted octanol–water partition coefficient (Wildman–Crippen LogP) is 4.83. The van der Waals surface area contributed by atoms with Gasteiger partial charge in [-0.15, -0.1) is 0 Å². The van der Waals surface area contributed by atoms with Gasteiger partial charge in [-0.05, 0) is 65.2 Å². The largest absolute Gasteiger partial charge is 0.461 e. The van der Waals surface area contributed by atoms with E-state index < -0.39 is 12.0 Å². The number of amides is 1. The molecule has 1 aliphatic rings. The third-order valence-corrected chi connectivity index (χ3v) is 6.20. The minimum Gasteiger partial charge on any atom is -0.461 e. The van der Waals surface area contributed by atoms with Gasteiger partial charge in [0.15, 0.2) is 5.78 Å². The molecule has 0 N–H and O–H groups in total. The van der Waals surface area contributed by atoms with E-state index in [1.165, 1.54) is 0 Å². The summed E-state index contributed by atoms with van der Waals surface area (Å²) in [5.74, 6) is -0.868. The van der Waals surface area contributed by atoms with Crippen LogP contribution in [0.15, 0.2) is 24.3 Å². The molecular weight excluding hydrogens is 416 g/mol. The fraction of sp³-hybridized carbons (Fsp3) is 0.458. The summed E-state index contributed by atoms with van der Waals surface area (Å²) in [5, 5.41) is 0.367. The molecule has 1 atom stereocenters. The van der Waals surface area contributed by atoms with Crippen molar-refractivity contribution in [1.29, 1.82) is 0 Å². The van der Waals surface area contributed by atoms with Gasteiger partial charge in [0.2, 0.25) is 0 Å². The first-order valence-corrected chi connectivity index (χ1v) is 11.1. The number of benzene rings is 1. The van der Waals surface area contributed by atoms with E-state index in [-0.39, 0.29) is 24.3 Å². The second kappa shape index (κ2) is 9.27. The lowest BCUT2D eigenvalue weighted by Crippen LogP contribution is -2.45. The zero-order valence-corrected chi connectivity index (χ0v) is 19.5. The molecule has 0 bridgehead atoms. The normalized spacial score (nSPS) is 14.3. The number of hydrogen-bond acceptors (Lipinski definition) is 4. The van der Waals surface area contributed by atoms with Crippen molar-refractivity contribution in [3.05, 3.63) is 57.4 Å². The van der Waals surface area contributed by atoms with Crippen LogP contribution in [0.25, 0.3) is 0 Å². The van der Waals surface area contributed by atoms with Gasteiger partial charge >= 0.3 is 5.97 Å². The van der Waals surface area contributed by atoms with Crippen molar-refractivity contribution in [3.8, 4) is 0 Å². The second-order valence-corrected chi connectivity index (χ2v) is 8.27. The third-order valence-electron chi connectivity index (χ3n) is 5.87. The predicted molar refractivity (Wildman–Crippen MR) is 120 cm³/mol. The number of rotatable bonds is 8. The molecule has 0 aliphatic heterocycles. The van der Waals surface area contributed by atoms with E-state index in [0.29, 0.717) is 39.6 Å². The van der Waals surface area contributed by atoms with Crippen LogP contribution < -0.4 is 0 Å². The maximum Gasteiger partial charge on any atom is 0.355 e. The second-order valence-electron chi connectivity index (χ2n) is 7.86. The van der Waals surface area contributed by atoms with Crippen molar-refractivity contribution in [3.63, 3.8) is 0 Å². The molecule has 166 valence electrons. The zero-order valence-electron chi connectivity index (χ0n) is 18.7. The Morgan fingerprint density at radius 2 is 1.84 bits per heavy atom. The van der Waals surface area contributed by atoms with Crippen LogP contribution in [0, 0.1) is 13.8 Å². The van der Waals surface area contributed by atoms with E-state index in [4.69, 9.17) is 16.3 Å². The number of halogens is 1. The highest BCUT2D eigenvalue weighted by Crippen LogP contribution is 2.34. The molecule has 6 nitrogen and oxygen atoms in total. The average Bonchev–Trinajstić information content (AvgIpc) is 3.53. The number of ketones is 1. The monoisotopic (exact) mass is 444 g/mol. The number of nitrogens with zero attached hydrogens (tertiary/aromatic N) is 2. The lowest BCUT2D eigenvalue weighted by Gasteiger charge is -2.29. The summed E-state index contributed by atoms with van der Waals surface area (Å²) in [7, 11) is 0. The molecule has 2 aromatic rings. The molecule has 1 aromatic carbocycles. The number of aromatic nitrogens is 1. The molecule has 0 spiro atoms. The Morgan fingerprint density at radius 1 is 1.19 bits per heavy atom. The molecule has 1 saturated carbocycles. The van der Waals surface area contributed by atoms with Crippen LogP contribution in [0.4, 0.5) is 0 Å². The van der Waals surface area contributed by atoms with E-state index in [1.807, 2.05) is 18.4 Å². The number of carbonyl (C=O) groups excluding carboxylic acids is 3.